The summed E-state index contributed by atoms with van der Waals surface area (Å²) in [5.41, 5.74) is 7.93. The molecule has 2 aromatic rings. The van der Waals surface area contributed by atoms with Gasteiger partial charge in [-0.15, -0.1) is 0 Å². The van der Waals surface area contributed by atoms with Crippen LogP contribution in [0.5, 0.6) is 0 Å². The molecule has 0 aliphatic rings. The first kappa shape index (κ1) is 15.0. The van der Waals surface area contributed by atoms with E-state index in [1.54, 1.807) is 4.90 Å². The molecule has 0 atom stereocenters. The Labute approximate surface area is 124 Å². The highest BCUT2D eigenvalue weighted by Crippen LogP contribution is 2.13. The first-order chi connectivity index (χ1) is 10.1. The zero-order valence-corrected chi connectivity index (χ0v) is 12.1. The van der Waals surface area contributed by atoms with Gasteiger partial charge in [0.05, 0.1) is 0 Å². The largest absolute Gasteiger partial charge is 0.399 e. The molecule has 0 heterocycles. The molecule has 110 valence electrons. The number of hydrogen-bond acceptors (Lipinski definition) is 2. The van der Waals surface area contributed by atoms with Gasteiger partial charge in [-0.3, -0.25) is 4.79 Å². The average Bonchev–Trinajstić information content (AvgIpc) is 2.47. The summed E-state index contributed by atoms with van der Waals surface area (Å²) in [5.74, 6) is -0.441. The lowest BCUT2D eigenvalue weighted by atomic mass is 10.1. The number of hydrogen-bond donors (Lipinski definition) is 1. The number of rotatable bonds is 5. The van der Waals surface area contributed by atoms with E-state index in [4.69, 9.17) is 5.73 Å². The number of benzene rings is 2. The fourth-order valence-corrected chi connectivity index (χ4v) is 2.21. The van der Waals surface area contributed by atoms with Crippen LogP contribution < -0.4 is 5.73 Å². The van der Waals surface area contributed by atoms with Crippen LogP contribution >= 0.6 is 0 Å². The molecule has 0 aliphatic heterocycles. The number of carbonyl (C=O) groups excluding carboxylic acids is 1. The molecule has 3 nitrogen and oxygen atoms in total. The highest BCUT2D eigenvalue weighted by atomic mass is 19.1. The standard InChI is InChI=1S/C17H19FN2O/c1-2-10-20(12-13-4-3-5-16(19)11-13)17(21)14-6-8-15(18)9-7-14/h3-9,11H,2,10,12,19H2,1H3. The summed E-state index contributed by atoms with van der Waals surface area (Å²) in [4.78, 5) is 14.3. The summed E-state index contributed by atoms with van der Waals surface area (Å²) in [7, 11) is 0. The Morgan fingerprint density at radius 3 is 2.52 bits per heavy atom. The molecular formula is C17H19FN2O. The molecule has 0 bridgehead atoms. The molecule has 0 aliphatic carbocycles. The van der Waals surface area contributed by atoms with Crippen molar-refractivity contribution in [3.05, 3.63) is 65.5 Å². The molecule has 2 aromatic carbocycles. The zero-order valence-electron chi connectivity index (χ0n) is 12.1. The van der Waals surface area contributed by atoms with Crippen LogP contribution in [0.25, 0.3) is 0 Å². The number of halogens is 1. The Hall–Kier alpha value is -2.36. The normalized spacial score (nSPS) is 10.4. The highest BCUT2D eigenvalue weighted by molar-refractivity contribution is 5.94. The van der Waals surface area contributed by atoms with Crippen molar-refractivity contribution in [2.24, 2.45) is 0 Å². The zero-order chi connectivity index (χ0) is 15.2. The number of amides is 1. The van der Waals surface area contributed by atoms with Crippen molar-refractivity contribution in [2.45, 2.75) is 19.9 Å². The fourth-order valence-electron chi connectivity index (χ4n) is 2.21. The van der Waals surface area contributed by atoms with E-state index >= 15 is 0 Å². The Kier molecular flexibility index (Phi) is 4.93. The van der Waals surface area contributed by atoms with Gasteiger partial charge >= 0.3 is 0 Å². The van der Waals surface area contributed by atoms with Gasteiger partial charge in [0.1, 0.15) is 5.82 Å². The van der Waals surface area contributed by atoms with Crippen LogP contribution in [0.1, 0.15) is 29.3 Å². The van der Waals surface area contributed by atoms with Gasteiger partial charge in [0.25, 0.3) is 5.91 Å². The number of nitrogens with two attached hydrogens (primary N) is 1. The van der Waals surface area contributed by atoms with Crippen LogP contribution in [-0.4, -0.2) is 17.4 Å². The lowest BCUT2D eigenvalue weighted by Gasteiger charge is -2.22. The van der Waals surface area contributed by atoms with Crippen molar-refractivity contribution < 1.29 is 9.18 Å². The third-order valence-corrected chi connectivity index (χ3v) is 3.20. The summed E-state index contributed by atoms with van der Waals surface area (Å²) in [6, 6.07) is 13.1. The molecule has 21 heavy (non-hydrogen) atoms. The minimum atomic E-state index is -0.343. The predicted octanol–water partition coefficient (Wildman–Crippen LogP) is 3.46. The second-order valence-corrected chi connectivity index (χ2v) is 4.98. The summed E-state index contributed by atoms with van der Waals surface area (Å²) in [6.07, 6.45) is 0.856. The second-order valence-electron chi connectivity index (χ2n) is 4.98. The molecule has 0 aromatic heterocycles. The van der Waals surface area contributed by atoms with Gasteiger partial charge in [0.15, 0.2) is 0 Å². The van der Waals surface area contributed by atoms with Gasteiger partial charge in [-0.05, 0) is 48.4 Å². The maximum absolute atomic E-state index is 13.0. The molecule has 0 unspecified atom stereocenters. The van der Waals surface area contributed by atoms with Crippen molar-refractivity contribution in [1.29, 1.82) is 0 Å². The smallest absolute Gasteiger partial charge is 0.254 e. The number of anilines is 1. The third-order valence-electron chi connectivity index (χ3n) is 3.20. The van der Waals surface area contributed by atoms with Crippen LogP contribution in [-0.2, 0) is 6.54 Å². The van der Waals surface area contributed by atoms with Crippen molar-refractivity contribution >= 4 is 11.6 Å². The van der Waals surface area contributed by atoms with Gasteiger partial charge in [0.2, 0.25) is 0 Å². The maximum Gasteiger partial charge on any atom is 0.254 e. The Morgan fingerprint density at radius 1 is 1.19 bits per heavy atom. The van der Waals surface area contributed by atoms with Crippen molar-refractivity contribution in [1.82, 2.24) is 4.90 Å². The SMILES string of the molecule is CCCN(Cc1cccc(N)c1)C(=O)c1ccc(F)cc1. The Balaban J connectivity index is 2.18. The molecule has 0 saturated heterocycles. The maximum atomic E-state index is 13.0. The van der Waals surface area contributed by atoms with E-state index < -0.39 is 0 Å². The summed E-state index contributed by atoms with van der Waals surface area (Å²) in [5, 5.41) is 0. The van der Waals surface area contributed by atoms with Crippen LogP contribution in [0, 0.1) is 5.82 Å². The number of carbonyl (C=O) groups is 1. The first-order valence-electron chi connectivity index (χ1n) is 6.99. The second kappa shape index (κ2) is 6.88. The van der Waals surface area contributed by atoms with Crippen LogP contribution in [0.2, 0.25) is 0 Å². The minimum absolute atomic E-state index is 0.0979. The van der Waals surface area contributed by atoms with E-state index in [0.29, 0.717) is 24.3 Å². The van der Waals surface area contributed by atoms with Gasteiger partial charge in [0, 0.05) is 24.3 Å². The monoisotopic (exact) mass is 286 g/mol. The number of nitrogen functional groups attached to an aromatic ring is 1. The summed E-state index contributed by atoms with van der Waals surface area (Å²) in [6.45, 7) is 3.16. The van der Waals surface area contributed by atoms with Gasteiger partial charge < -0.3 is 10.6 Å². The van der Waals surface area contributed by atoms with Crippen LogP contribution in [0.3, 0.4) is 0 Å². The number of nitrogens with zero attached hydrogens (tertiary/aromatic N) is 1. The van der Waals surface area contributed by atoms with Crippen LogP contribution in [0.4, 0.5) is 10.1 Å². The highest BCUT2D eigenvalue weighted by Gasteiger charge is 2.15. The molecule has 1 amide bonds. The van der Waals surface area contributed by atoms with E-state index in [0.717, 1.165) is 12.0 Å². The van der Waals surface area contributed by atoms with Gasteiger partial charge in [-0.1, -0.05) is 19.1 Å². The molecule has 0 spiro atoms. The van der Waals surface area contributed by atoms with Crippen molar-refractivity contribution in [3.8, 4) is 0 Å². The Bertz CT molecular complexity index is 610. The topological polar surface area (TPSA) is 46.3 Å². The third kappa shape index (κ3) is 4.05. The molecule has 0 radical (unpaired) electrons. The first-order valence-corrected chi connectivity index (χ1v) is 6.99. The lowest BCUT2D eigenvalue weighted by molar-refractivity contribution is 0.0743. The Morgan fingerprint density at radius 2 is 1.90 bits per heavy atom. The molecule has 2 N–H and O–H groups in total. The summed E-state index contributed by atoms with van der Waals surface area (Å²) >= 11 is 0. The summed E-state index contributed by atoms with van der Waals surface area (Å²) < 4.78 is 13.0. The molecule has 4 heteroatoms. The van der Waals surface area contributed by atoms with Crippen molar-refractivity contribution in [2.75, 3.05) is 12.3 Å². The molecule has 0 saturated carbocycles. The minimum Gasteiger partial charge on any atom is -0.399 e. The van der Waals surface area contributed by atoms with Crippen LogP contribution in [0.15, 0.2) is 48.5 Å². The molecular weight excluding hydrogens is 267 g/mol. The molecule has 2 rings (SSSR count). The fraction of sp³-hybridized carbons (Fsp3) is 0.235. The predicted molar refractivity (Wildman–Crippen MR) is 82.3 cm³/mol. The van der Waals surface area contributed by atoms with E-state index in [-0.39, 0.29) is 11.7 Å². The lowest BCUT2D eigenvalue weighted by Crippen LogP contribution is -2.31. The van der Waals surface area contributed by atoms with E-state index in [9.17, 15) is 9.18 Å². The van der Waals surface area contributed by atoms with Gasteiger partial charge in [-0.25, -0.2) is 4.39 Å². The van der Waals surface area contributed by atoms with E-state index in [2.05, 4.69) is 0 Å². The quantitative estimate of drug-likeness (QED) is 0.856. The van der Waals surface area contributed by atoms with E-state index in [1.165, 1.54) is 24.3 Å². The average molecular weight is 286 g/mol. The molecule has 0 fully saturated rings. The van der Waals surface area contributed by atoms with E-state index in [1.807, 2.05) is 31.2 Å². The van der Waals surface area contributed by atoms with Crippen molar-refractivity contribution in [3.63, 3.8) is 0 Å². The van der Waals surface area contributed by atoms with Gasteiger partial charge in [-0.2, -0.15) is 0 Å².